The molecule has 0 radical (unpaired) electrons. The molecule has 0 heterocycles. The Morgan fingerprint density at radius 2 is 0.810 bits per heavy atom. The molecule has 0 fully saturated rings. The molecule has 0 aliphatic carbocycles. The van der Waals surface area contributed by atoms with Crippen LogP contribution in [0.5, 0.6) is 0 Å². The first-order chi connectivity index (χ1) is 9.21. The van der Waals surface area contributed by atoms with Crippen LogP contribution in [0.3, 0.4) is 0 Å². The Labute approximate surface area is 145 Å². The molecule has 2 aromatic carbocycles. The first-order valence-corrected chi connectivity index (χ1v) is 7.03. The van der Waals surface area contributed by atoms with E-state index in [-0.39, 0.29) is 31.9 Å². The Morgan fingerprint density at radius 3 is 0.952 bits per heavy atom. The summed E-state index contributed by atoms with van der Waals surface area (Å²) < 4.78 is 0. The maximum atomic E-state index is 4.04. The van der Waals surface area contributed by atoms with Crippen LogP contribution in [0.2, 0.25) is 0 Å². The molecule has 0 saturated carbocycles. The van der Waals surface area contributed by atoms with Crippen molar-refractivity contribution in [3.63, 3.8) is 0 Å². The van der Waals surface area contributed by atoms with Crippen LogP contribution < -0.4 is 0 Å². The Hall–Kier alpha value is -0.872. The van der Waals surface area contributed by atoms with Crippen molar-refractivity contribution in [2.75, 3.05) is 0 Å². The first kappa shape index (κ1) is 20.1. The topological polar surface area (TPSA) is 0 Å². The average molecular weight is 362 g/mol. The van der Waals surface area contributed by atoms with Gasteiger partial charge in [-0.15, -0.1) is 10.8 Å². The fourth-order valence-electron chi connectivity index (χ4n) is 1.78. The summed E-state index contributed by atoms with van der Waals surface area (Å²) in [5, 5.41) is 0. The number of hydrogen-bond donors (Lipinski definition) is 0. The molecule has 0 N–H and O–H groups in total. The third-order valence-electron chi connectivity index (χ3n) is 3.11. The van der Waals surface area contributed by atoms with Gasteiger partial charge in [-0.3, -0.25) is 0 Å². The number of rotatable bonds is 2. The van der Waals surface area contributed by atoms with E-state index >= 15 is 0 Å². The van der Waals surface area contributed by atoms with Gasteiger partial charge in [0, 0.05) is 0 Å². The first-order valence-electron chi connectivity index (χ1n) is 7.03. The van der Waals surface area contributed by atoms with Gasteiger partial charge in [0.1, 0.15) is 0 Å². The summed E-state index contributed by atoms with van der Waals surface area (Å²) in [4.78, 5) is 0. The van der Waals surface area contributed by atoms with E-state index in [9.17, 15) is 0 Å². The normalized spacial score (nSPS) is 11.0. The van der Waals surface area contributed by atoms with Gasteiger partial charge in [0.05, 0.1) is 0 Å². The molecule has 0 aromatic heterocycles. The summed E-state index contributed by atoms with van der Waals surface area (Å²) in [7, 11) is 0. The predicted octanol–water partition coefficient (Wildman–Crippen LogP) is 5.59. The second kappa shape index (κ2) is 8.54. The quantitative estimate of drug-likeness (QED) is 0.482. The molecule has 21 heavy (non-hydrogen) atoms. The summed E-state index contributed by atoms with van der Waals surface area (Å²) in [5.41, 5.74) is 2.66. The van der Waals surface area contributed by atoms with E-state index in [4.69, 9.17) is 0 Å². The summed E-state index contributed by atoms with van der Waals surface area (Å²) in [6.07, 6.45) is 0. The van der Waals surface area contributed by atoms with Crippen molar-refractivity contribution in [1.29, 1.82) is 0 Å². The van der Waals surface area contributed by atoms with Gasteiger partial charge in [-0.2, -0.15) is 0 Å². The van der Waals surface area contributed by atoms with Crippen molar-refractivity contribution >= 4 is 0 Å². The molecule has 112 valence electrons. The van der Waals surface area contributed by atoms with Gasteiger partial charge in [0.2, 0.25) is 0 Å². The molecule has 0 bridgehead atoms. The van der Waals surface area contributed by atoms with E-state index in [2.05, 4.69) is 65.8 Å². The van der Waals surface area contributed by atoms with Crippen molar-refractivity contribution in [3.05, 3.63) is 85.6 Å². The molecule has 0 aliphatic rings. The van der Waals surface area contributed by atoms with Gasteiger partial charge in [0.15, 0.2) is 0 Å². The zero-order valence-corrected chi connectivity index (χ0v) is 15.6. The van der Waals surface area contributed by atoms with E-state index in [1.165, 1.54) is 11.1 Å². The van der Waals surface area contributed by atoms with Gasteiger partial charge in [-0.25, -0.2) is 0 Å². The number of hydrogen-bond acceptors (Lipinski definition) is 0. The summed E-state index contributed by atoms with van der Waals surface area (Å²) in [6.45, 7) is 16.5. The minimum atomic E-state index is 0. The van der Waals surface area contributed by atoms with Gasteiger partial charge in [-0.05, 0) is 0 Å². The van der Waals surface area contributed by atoms with E-state index in [1.807, 2.05) is 36.4 Å². The minimum absolute atomic E-state index is 0. The van der Waals surface area contributed by atoms with Crippen LogP contribution in [0.15, 0.2) is 60.7 Å². The molecule has 0 spiro atoms. The van der Waals surface area contributed by atoms with Crippen LogP contribution >= 0.6 is 0 Å². The van der Waals surface area contributed by atoms with Crippen molar-refractivity contribution in [1.82, 2.24) is 0 Å². The summed E-state index contributed by atoms with van der Waals surface area (Å²) >= 11 is 0. The average Bonchev–Trinajstić information content (AvgIpc) is 2.40. The molecule has 2 aromatic rings. The van der Waals surface area contributed by atoms with Crippen LogP contribution in [-0.4, -0.2) is 0 Å². The van der Waals surface area contributed by atoms with Crippen LogP contribution in [0, 0.1) is 13.8 Å². The minimum Gasteiger partial charge on any atom is -0.333 e. The SMILES string of the molecule is [CH2-]C(C)(C)c1ccccc1.[CH2-]C(C)(C)c1ccccc1.[Mo+2]. The van der Waals surface area contributed by atoms with Crippen molar-refractivity contribution in [2.24, 2.45) is 0 Å². The molecule has 0 amide bonds. The maximum Gasteiger partial charge on any atom is 2.00 e. The Bertz CT molecular complexity index is 437. The molecule has 0 aliphatic heterocycles. The summed E-state index contributed by atoms with van der Waals surface area (Å²) in [5.74, 6) is 0. The van der Waals surface area contributed by atoms with Gasteiger partial charge in [-0.1, -0.05) is 99.5 Å². The largest absolute Gasteiger partial charge is 2.00 e. The summed E-state index contributed by atoms with van der Waals surface area (Å²) in [6, 6.07) is 20.6. The Balaban J connectivity index is 0.000000364. The van der Waals surface area contributed by atoms with Crippen molar-refractivity contribution < 1.29 is 21.1 Å². The fraction of sp³-hybridized carbons (Fsp3) is 0.300. The third kappa shape index (κ3) is 7.63. The van der Waals surface area contributed by atoms with Crippen molar-refractivity contribution in [2.45, 2.75) is 38.5 Å². The third-order valence-corrected chi connectivity index (χ3v) is 3.11. The van der Waals surface area contributed by atoms with Gasteiger partial charge in [0.25, 0.3) is 0 Å². The van der Waals surface area contributed by atoms with Gasteiger partial charge >= 0.3 is 21.1 Å². The Morgan fingerprint density at radius 1 is 0.571 bits per heavy atom. The Kier molecular flexibility index (Phi) is 8.19. The molecular formula is C20H26Mo. The van der Waals surface area contributed by atoms with Crippen LogP contribution in [-0.2, 0) is 31.9 Å². The maximum absolute atomic E-state index is 4.04. The second-order valence-corrected chi connectivity index (χ2v) is 6.50. The molecule has 0 nitrogen and oxygen atoms in total. The monoisotopic (exact) mass is 364 g/mol. The van der Waals surface area contributed by atoms with Crippen LogP contribution in [0.1, 0.15) is 38.8 Å². The van der Waals surface area contributed by atoms with Gasteiger partial charge < -0.3 is 13.8 Å². The second-order valence-electron chi connectivity index (χ2n) is 6.50. The zero-order valence-electron chi connectivity index (χ0n) is 13.6. The molecule has 2 rings (SSSR count). The van der Waals surface area contributed by atoms with Crippen molar-refractivity contribution in [3.8, 4) is 0 Å². The van der Waals surface area contributed by atoms with Crippen LogP contribution in [0.25, 0.3) is 0 Å². The standard InChI is InChI=1S/2C10H13.Mo/c2*1-10(2,3)9-7-5-4-6-8-9;/h2*4-8H,1H2,2-3H3;/q2*-1;+2. The van der Waals surface area contributed by atoms with E-state index in [0.717, 1.165) is 0 Å². The molecule has 0 atom stereocenters. The predicted molar refractivity (Wildman–Crippen MR) is 89.7 cm³/mol. The van der Waals surface area contributed by atoms with E-state index < -0.39 is 0 Å². The fourth-order valence-corrected chi connectivity index (χ4v) is 1.78. The van der Waals surface area contributed by atoms with E-state index in [1.54, 1.807) is 0 Å². The smallest absolute Gasteiger partial charge is 0.333 e. The molecule has 1 heteroatoms. The van der Waals surface area contributed by atoms with E-state index in [0.29, 0.717) is 0 Å². The number of benzene rings is 2. The molecule has 0 unspecified atom stereocenters. The van der Waals surface area contributed by atoms with Crippen LogP contribution in [0.4, 0.5) is 0 Å². The molecule has 0 saturated heterocycles. The zero-order chi connectivity index (χ0) is 15.2. The molecular weight excluding hydrogens is 336 g/mol.